The van der Waals surface area contributed by atoms with Gasteiger partial charge < -0.3 is 15.2 Å². The summed E-state index contributed by atoms with van der Waals surface area (Å²) in [6, 6.07) is 7.99. The lowest BCUT2D eigenvalue weighted by molar-refractivity contribution is -0.0688. The molecule has 0 bridgehead atoms. The Morgan fingerprint density at radius 3 is 2.71 bits per heavy atom. The number of nitrogens with one attached hydrogen (secondary N) is 1. The maximum absolute atomic E-state index is 10.2. The maximum atomic E-state index is 10.2. The summed E-state index contributed by atoms with van der Waals surface area (Å²) in [5.74, 6) is 0. The van der Waals surface area contributed by atoms with E-state index in [0.29, 0.717) is 13.2 Å². The minimum atomic E-state index is -0.646. The first-order valence-corrected chi connectivity index (χ1v) is 6.73. The Morgan fingerprint density at radius 2 is 2.00 bits per heavy atom. The Labute approximate surface area is 110 Å². The van der Waals surface area contributed by atoms with Crippen LogP contribution in [0.15, 0.2) is 28.7 Å². The zero-order valence-electron chi connectivity index (χ0n) is 9.79. The fourth-order valence-electron chi connectivity index (χ4n) is 2.00. The Bertz CT molecular complexity index is 364. The van der Waals surface area contributed by atoms with Crippen LogP contribution in [-0.4, -0.2) is 30.4 Å². The molecule has 0 unspecified atom stereocenters. The van der Waals surface area contributed by atoms with Crippen LogP contribution in [-0.2, 0) is 11.3 Å². The average Bonchev–Trinajstić information content (AvgIpc) is 2.32. The summed E-state index contributed by atoms with van der Waals surface area (Å²) in [7, 11) is 0. The highest BCUT2D eigenvalue weighted by Crippen LogP contribution is 2.21. The smallest absolute Gasteiger partial charge is 0.0904 e. The number of aliphatic hydroxyl groups is 1. The third-order valence-corrected chi connectivity index (χ3v) is 3.89. The monoisotopic (exact) mass is 299 g/mol. The van der Waals surface area contributed by atoms with Gasteiger partial charge in [-0.05, 0) is 37.6 Å². The maximum Gasteiger partial charge on any atom is 0.0904 e. The summed E-state index contributed by atoms with van der Waals surface area (Å²) in [5.41, 5.74) is 0.469. The van der Waals surface area contributed by atoms with Crippen molar-refractivity contribution >= 4 is 15.9 Å². The van der Waals surface area contributed by atoms with Crippen molar-refractivity contribution in [1.29, 1.82) is 0 Å². The lowest BCUT2D eigenvalue weighted by Gasteiger charge is -2.32. The molecule has 0 atom stereocenters. The van der Waals surface area contributed by atoms with Gasteiger partial charge in [0.2, 0.25) is 0 Å². The van der Waals surface area contributed by atoms with E-state index in [0.717, 1.165) is 36.0 Å². The lowest BCUT2D eigenvalue weighted by Crippen LogP contribution is -2.45. The van der Waals surface area contributed by atoms with Gasteiger partial charge >= 0.3 is 0 Å². The molecule has 1 heterocycles. The first-order valence-electron chi connectivity index (χ1n) is 5.94. The van der Waals surface area contributed by atoms with Gasteiger partial charge in [-0.15, -0.1) is 0 Å². The van der Waals surface area contributed by atoms with Crippen molar-refractivity contribution in [2.75, 3.05) is 19.7 Å². The van der Waals surface area contributed by atoms with E-state index in [1.165, 1.54) is 0 Å². The van der Waals surface area contributed by atoms with Gasteiger partial charge in [-0.25, -0.2) is 0 Å². The van der Waals surface area contributed by atoms with Crippen molar-refractivity contribution in [2.45, 2.75) is 25.0 Å². The van der Waals surface area contributed by atoms with Gasteiger partial charge in [0.05, 0.1) is 18.8 Å². The molecule has 2 rings (SSSR count). The molecule has 2 N–H and O–H groups in total. The highest BCUT2D eigenvalue weighted by atomic mass is 79.9. The predicted molar refractivity (Wildman–Crippen MR) is 70.9 cm³/mol. The predicted octanol–water partition coefficient (Wildman–Crippen LogP) is 2.08. The Balaban J connectivity index is 1.81. The lowest BCUT2D eigenvalue weighted by atomic mass is 9.94. The zero-order chi connectivity index (χ0) is 12.1. The van der Waals surface area contributed by atoms with Gasteiger partial charge in [-0.3, -0.25) is 0 Å². The summed E-state index contributed by atoms with van der Waals surface area (Å²) < 4.78 is 6.69. The molecule has 0 aliphatic carbocycles. The summed E-state index contributed by atoms with van der Waals surface area (Å²) in [6.07, 6.45) is 1.53. The number of hydrogen-bond donors (Lipinski definition) is 2. The quantitative estimate of drug-likeness (QED) is 0.894. The molecule has 94 valence electrons. The Morgan fingerprint density at radius 1 is 1.29 bits per heavy atom. The number of hydrogen-bond acceptors (Lipinski definition) is 3. The van der Waals surface area contributed by atoms with E-state index >= 15 is 0 Å². The SMILES string of the molecule is OC1(COCc2ccccc2Br)CCNCC1. The molecule has 3 nitrogen and oxygen atoms in total. The van der Waals surface area contributed by atoms with Crippen molar-refractivity contribution in [3.8, 4) is 0 Å². The van der Waals surface area contributed by atoms with Gasteiger partial charge in [0.15, 0.2) is 0 Å². The zero-order valence-corrected chi connectivity index (χ0v) is 11.4. The third kappa shape index (κ3) is 3.78. The van der Waals surface area contributed by atoms with Crippen LogP contribution in [0, 0.1) is 0 Å². The molecule has 0 aromatic heterocycles. The van der Waals surface area contributed by atoms with E-state index in [1.807, 2.05) is 24.3 Å². The number of halogens is 1. The first kappa shape index (κ1) is 13.0. The normalized spacial score (nSPS) is 19.2. The molecule has 1 aromatic rings. The fraction of sp³-hybridized carbons (Fsp3) is 0.538. The topological polar surface area (TPSA) is 41.5 Å². The summed E-state index contributed by atoms with van der Waals surface area (Å²) >= 11 is 3.48. The molecule has 1 saturated heterocycles. The molecule has 1 fully saturated rings. The van der Waals surface area contributed by atoms with Crippen LogP contribution in [0.3, 0.4) is 0 Å². The van der Waals surface area contributed by atoms with Crippen LogP contribution in [0.25, 0.3) is 0 Å². The minimum absolute atomic E-state index is 0.413. The molecule has 1 aliphatic rings. The largest absolute Gasteiger partial charge is 0.387 e. The van der Waals surface area contributed by atoms with Crippen molar-refractivity contribution in [2.24, 2.45) is 0 Å². The third-order valence-electron chi connectivity index (χ3n) is 3.12. The van der Waals surface area contributed by atoms with Crippen molar-refractivity contribution < 1.29 is 9.84 Å². The van der Waals surface area contributed by atoms with Gasteiger partial charge in [0, 0.05) is 4.47 Å². The van der Waals surface area contributed by atoms with E-state index in [9.17, 15) is 5.11 Å². The second-order valence-corrected chi connectivity index (χ2v) is 5.41. The highest BCUT2D eigenvalue weighted by molar-refractivity contribution is 9.10. The minimum Gasteiger partial charge on any atom is -0.387 e. The van der Waals surface area contributed by atoms with E-state index in [-0.39, 0.29) is 0 Å². The second kappa shape index (κ2) is 5.96. The first-order chi connectivity index (χ1) is 8.20. The molecule has 0 radical (unpaired) electrons. The molecule has 0 amide bonds. The molecule has 1 aromatic carbocycles. The number of ether oxygens (including phenoxy) is 1. The van der Waals surface area contributed by atoms with E-state index in [1.54, 1.807) is 0 Å². The van der Waals surface area contributed by atoms with Crippen LogP contribution in [0.5, 0.6) is 0 Å². The van der Waals surface area contributed by atoms with Gasteiger partial charge in [-0.2, -0.15) is 0 Å². The Kier molecular flexibility index (Phi) is 4.56. The van der Waals surface area contributed by atoms with Crippen molar-refractivity contribution in [3.63, 3.8) is 0 Å². The summed E-state index contributed by atoms with van der Waals surface area (Å²) in [4.78, 5) is 0. The molecule has 4 heteroatoms. The Hall–Kier alpha value is -0.420. The van der Waals surface area contributed by atoms with Gasteiger partial charge in [0.25, 0.3) is 0 Å². The van der Waals surface area contributed by atoms with Gasteiger partial charge in [-0.1, -0.05) is 34.1 Å². The fourth-order valence-corrected chi connectivity index (χ4v) is 2.40. The molecular weight excluding hydrogens is 282 g/mol. The van der Waals surface area contributed by atoms with Crippen LogP contribution in [0.4, 0.5) is 0 Å². The van der Waals surface area contributed by atoms with E-state index < -0.39 is 5.60 Å². The van der Waals surface area contributed by atoms with E-state index in [2.05, 4.69) is 21.2 Å². The number of benzene rings is 1. The van der Waals surface area contributed by atoms with Crippen molar-refractivity contribution in [3.05, 3.63) is 34.3 Å². The number of piperidine rings is 1. The van der Waals surface area contributed by atoms with Crippen LogP contribution in [0.1, 0.15) is 18.4 Å². The molecule has 17 heavy (non-hydrogen) atoms. The molecular formula is C13H18BrNO2. The molecule has 0 spiro atoms. The van der Waals surface area contributed by atoms with Crippen LogP contribution in [0.2, 0.25) is 0 Å². The average molecular weight is 300 g/mol. The number of rotatable bonds is 4. The van der Waals surface area contributed by atoms with Crippen LogP contribution >= 0.6 is 15.9 Å². The van der Waals surface area contributed by atoms with Crippen molar-refractivity contribution in [1.82, 2.24) is 5.32 Å². The molecule has 0 saturated carbocycles. The van der Waals surface area contributed by atoms with E-state index in [4.69, 9.17) is 4.74 Å². The summed E-state index contributed by atoms with van der Waals surface area (Å²) in [5, 5.41) is 13.5. The van der Waals surface area contributed by atoms with Gasteiger partial charge in [0.1, 0.15) is 0 Å². The van der Waals surface area contributed by atoms with Crippen LogP contribution < -0.4 is 5.32 Å². The highest BCUT2D eigenvalue weighted by Gasteiger charge is 2.29. The second-order valence-electron chi connectivity index (χ2n) is 4.56. The summed E-state index contributed by atoms with van der Waals surface area (Å²) in [6.45, 7) is 2.69. The standard InChI is InChI=1S/C13H18BrNO2/c14-12-4-2-1-3-11(12)9-17-10-13(16)5-7-15-8-6-13/h1-4,15-16H,5-10H2. The molecule has 1 aliphatic heterocycles.